The van der Waals surface area contributed by atoms with E-state index in [4.69, 9.17) is 4.74 Å². The van der Waals surface area contributed by atoms with Gasteiger partial charge >= 0.3 is 6.03 Å². The van der Waals surface area contributed by atoms with Gasteiger partial charge in [0.25, 0.3) is 0 Å². The topological polar surface area (TPSA) is 59.4 Å². The zero-order valence-corrected chi connectivity index (χ0v) is 13.6. The van der Waals surface area contributed by atoms with Gasteiger partial charge in [0.1, 0.15) is 11.4 Å². The summed E-state index contributed by atoms with van der Waals surface area (Å²) in [7, 11) is 1.82. The lowest BCUT2D eigenvalue weighted by atomic mass is 9.89. The van der Waals surface area contributed by atoms with E-state index in [1.165, 1.54) is 0 Å². The van der Waals surface area contributed by atoms with Gasteiger partial charge < -0.3 is 9.64 Å². The average Bonchev–Trinajstić information content (AvgIpc) is 2.99. The predicted octanol–water partition coefficient (Wildman–Crippen LogP) is 2.89. The molecule has 3 heterocycles. The molecule has 2 aliphatic heterocycles. The second kappa shape index (κ2) is 5.70. The van der Waals surface area contributed by atoms with Crippen molar-refractivity contribution in [2.75, 3.05) is 18.4 Å². The molecule has 6 nitrogen and oxygen atoms in total. The van der Waals surface area contributed by atoms with Crippen molar-refractivity contribution in [1.29, 1.82) is 0 Å². The van der Waals surface area contributed by atoms with Gasteiger partial charge in [-0.15, -0.1) is 0 Å². The molecule has 6 heteroatoms. The summed E-state index contributed by atoms with van der Waals surface area (Å²) in [5.74, 6) is 1.44. The zero-order chi connectivity index (χ0) is 16.6. The second-order valence-corrected chi connectivity index (χ2v) is 6.37. The second-order valence-electron chi connectivity index (χ2n) is 6.37. The molecule has 1 atom stereocenters. The summed E-state index contributed by atoms with van der Waals surface area (Å²) < 4.78 is 7.93. The van der Waals surface area contributed by atoms with Crippen LogP contribution in [-0.2, 0) is 7.05 Å². The molecule has 1 N–H and O–H groups in total. The van der Waals surface area contributed by atoms with Crippen molar-refractivity contribution < 1.29 is 9.53 Å². The van der Waals surface area contributed by atoms with Gasteiger partial charge in [-0.3, -0.25) is 10.00 Å². The normalized spacial score (nSPS) is 22.1. The molecule has 0 saturated carbocycles. The van der Waals surface area contributed by atoms with E-state index in [0.29, 0.717) is 12.4 Å². The monoisotopic (exact) mass is 324 g/mol. The van der Waals surface area contributed by atoms with Crippen LogP contribution in [0.3, 0.4) is 0 Å². The zero-order valence-electron chi connectivity index (χ0n) is 13.6. The lowest BCUT2D eigenvalue weighted by molar-refractivity contribution is 0.0442. The Labute approximate surface area is 140 Å². The number of carbonyl (C=O) groups is 1. The molecule has 1 aromatic heterocycles. The maximum atomic E-state index is 12.5. The number of fused-ring (bicyclic) bond motifs is 1. The van der Waals surface area contributed by atoms with Crippen LogP contribution in [0.15, 0.2) is 42.6 Å². The number of carbonyl (C=O) groups excluding carboxylic acids is 1. The van der Waals surface area contributed by atoms with Crippen molar-refractivity contribution in [3.8, 4) is 5.75 Å². The van der Waals surface area contributed by atoms with E-state index in [9.17, 15) is 4.79 Å². The third kappa shape index (κ3) is 2.75. The van der Waals surface area contributed by atoms with Crippen LogP contribution in [0.4, 0.5) is 10.6 Å². The van der Waals surface area contributed by atoms with E-state index in [0.717, 1.165) is 30.7 Å². The molecule has 4 rings (SSSR count). The molecule has 1 aromatic carbocycles. The Morgan fingerprint density at radius 1 is 1.33 bits per heavy atom. The summed E-state index contributed by atoms with van der Waals surface area (Å²) in [6, 6.07) is 9.63. The third-order valence-corrected chi connectivity index (χ3v) is 4.52. The molecular formula is C18H20N4O2. The Bertz CT molecular complexity index is 798. The fourth-order valence-electron chi connectivity index (χ4n) is 3.32. The molecule has 1 saturated heterocycles. The summed E-state index contributed by atoms with van der Waals surface area (Å²) in [4.78, 5) is 14.3. The first-order valence-electron chi connectivity index (χ1n) is 8.16. The van der Waals surface area contributed by atoms with Crippen molar-refractivity contribution >= 4 is 17.9 Å². The number of rotatable bonds is 1. The summed E-state index contributed by atoms with van der Waals surface area (Å²) in [6.45, 7) is 1.26. The smallest absolute Gasteiger partial charge is 0.323 e. The molecule has 1 unspecified atom stereocenters. The first-order valence-corrected chi connectivity index (χ1v) is 8.16. The summed E-state index contributed by atoms with van der Waals surface area (Å²) >= 11 is 0. The van der Waals surface area contributed by atoms with Gasteiger partial charge in [-0.2, -0.15) is 5.10 Å². The lowest BCUT2D eigenvalue weighted by Gasteiger charge is -2.42. The largest absolute Gasteiger partial charge is 0.481 e. The van der Waals surface area contributed by atoms with Gasteiger partial charge in [0.2, 0.25) is 0 Å². The number of nitrogens with one attached hydrogen (secondary N) is 1. The minimum atomic E-state index is -0.436. The van der Waals surface area contributed by atoms with Crippen LogP contribution >= 0.6 is 0 Å². The quantitative estimate of drug-likeness (QED) is 0.877. The molecule has 0 radical (unpaired) electrons. The predicted molar refractivity (Wildman–Crippen MR) is 91.9 cm³/mol. The number of anilines is 1. The number of aromatic nitrogens is 2. The third-order valence-electron chi connectivity index (χ3n) is 4.52. The van der Waals surface area contributed by atoms with Crippen LogP contribution in [0.25, 0.3) is 6.08 Å². The highest BCUT2D eigenvalue weighted by Gasteiger charge is 2.39. The highest BCUT2D eigenvalue weighted by molar-refractivity contribution is 5.88. The maximum Gasteiger partial charge on any atom is 0.323 e. The van der Waals surface area contributed by atoms with E-state index < -0.39 is 5.60 Å². The van der Waals surface area contributed by atoms with Crippen LogP contribution in [-0.4, -0.2) is 39.4 Å². The summed E-state index contributed by atoms with van der Waals surface area (Å²) in [5.41, 5.74) is 0.645. The molecule has 0 aliphatic carbocycles. The Morgan fingerprint density at radius 2 is 2.21 bits per heavy atom. The van der Waals surface area contributed by atoms with E-state index in [-0.39, 0.29) is 6.03 Å². The Hall–Kier alpha value is -2.76. The summed E-state index contributed by atoms with van der Waals surface area (Å²) in [6.07, 6.45) is 7.80. The molecule has 24 heavy (non-hydrogen) atoms. The van der Waals surface area contributed by atoms with Gasteiger partial charge in [0, 0.05) is 31.4 Å². The number of nitrogens with zero attached hydrogens (tertiary/aromatic N) is 3. The molecule has 2 aromatic rings. The van der Waals surface area contributed by atoms with E-state index in [1.807, 2.05) is 31.3 Å². The van der Waals surface area contributed by atoms with Crippen molar-refractivity contribution in [2.24, 2.45) is 7.05 Å². The number of hydrogen-bond acceptors (Lipinski definition) is 3. The first kappa shape index (κ1) is 14.8. The first-order chi connectivity index (χ1) is 11.6. The number of hydrogen-bond donors (Lipinski definition) is 1. The maximum absolute atomic E-state index is 12.5. The highest BCUT2D eigenvalue weighted by Crippen LogP contribution is 2.36. The van der Waals surface area contributed by atoms with Gasteiger partial charge in [-0.25, -0.2) is 4.79 Å². The Balaban J connectivity index is 1.49. The number of amides is 2. The van der Waals surface area contributed by atoms with E-state index >= 15 is 0 Å². The number of para-hydroxylation sites is 1. The Morgan fingerprint density at radius 3 is 3.04 bits per heavy atom. The van der Waals surface area contributed by atoms with Crippen LogP contribution in [0.1, 0.15) is 18.4 Å². The van der Waals surface area contributed by atoms with Crippen molar-refractivity contribution in [3.63, 3.8) is 0 Å². The molecular weight excluding hydrogens is 304 g/mol. The minimum Gasteiger partial charge on any atom is -0.481 e. The van der Waals surface area contributed by atoms with Crippen molar-refractivity contribution in [2.45, 2.75) is 18.4 Å². The fraction of sp³-hybridized carbons (Fsp3) is 0.333. The van der Waals surface area contributed by atoms with E-state index in [1.54, 1.807) is 21.8 Å². The molecule has 1 spiro atoms. The summed E-state index contributed by atoms with van der Waals surface area (Å²) in [5, 5.41) is 7.04. The number of ether oxygens (including phenoxy) is 1. The van der Waals surface area contributed by atoms with Crippen LogP contribution in [0, 0.1) is 0 Å². The number of aryl methyl sites for hydroxylation is 1. The van der Waals surface area contributed by atoms with Crippen molar-refractivity contribution in [1.82, 2.24) is 14.7 Å². The fourth-order valence-corrected chi connectivity index (χ4v) is 3.32. The van der Waals surface area contributed by atoms with Gasteiger partial charge in [0.15, 0.2) is 5.82 Å². The SMILES string of the molecule is Cn1ccc(NC(=O)N2CCCC3(C=Cc4ccccc4O3)C2)n1. The lowest BCUT2D eigenvalue weighted by Crippen LogP contribution is -2.54. The van der Waals surface area contributed by atoms with Gasteiger partial charge in [-0.1, -0.05) is 24.3 Å². The van der Waals surface area contributed by atoms with Crippen molar-refractivity contribution in [3.05, 3.63) is 48.2 Å². The highest BCUT2D eigenvalue weighted by atomic mass is 16.5. The van der Waals surface area contributed by atoms with Gasteiger partial charge in [-0.05, 0) is 25.0 Å². The number of benzene rings is 1. The molecule has 2 amide bonds. The Kier molecular flexibility index (Phi) is 3.52. The minimum absolute atomic E-state index is 0.136. The molecule has 1 fully saturated rings. The standard InChI is InChI=1S/C18H20N4O2/c1-21-12-8-16(20-21)19-17(23)22-11-4-9-18(13-22)10-7-14-5-2-3-6-15(14)24-18/h2-3,5-8,10,12H,4,9,11,13H2,1H3,(H,19,20,23). The molecule has 2 aliphatic rings. The van der Waals surface area contributed by atoms with Crippen LogP contribution in [0.5, 0.6) is 5.75 Å². The number of urea groups is 1. The van der Waals surface area contributed by atoms with Crippen LogP contribution in [0.2, 0.25) is 0 Å². The van der Waals surface area contributed by atoms with Gasteiger partial charge in [0.05, 0.1) is 6.54 Å². The average molecular weight is 324 g/mol. The molecule has 0 bridgehead atoms. The molecule has 124 valence electrons. The number of piperidine rings is 1. The van der Waals surface area contributed by atoms with Crippen LogP contribution < -0.4 is 10.1 Å². The van der Waals surface area contributed by atoms with E-state index in [2.05, 4.69) is 22.6 Å². The number of likely N-dealkylation sites (tertiary alicyclic amines) is 1.